The van der Waals surface area contributed by atoms with Crippen molar-refractivity contribution >= 4 is 53.3 Å². The minimum absolute atomic E-state index is 0.616. The van der Waals surface area contributed by atoms with E-state index in [0.29, 0.717) is 17.5 Å². The van der Waals surface area contributed by atoms with Crippen molar-refractivity contribution in [2.45, 2.75) is 0 Å². The molecule has 0 spiro atoms. The lowest BCUT2D eigenvalue weighted by Crippen LogP contribution is -2.04. The molecule has 0 aliphatic heterocycles. The normalized spacial score (nSPS) is 11.6. The third kappa shape index (κ3) is 5.40. The second-order valence-electron chi connectivity index (χ2n) is 14.0. The molecule has 262 valence electrons. The van der Waals surface area contributed by atoms with Gasteiger partial charge in [-0.1, -0.05) is 158 Å². The maximum atomic E-state index is 5.28. The van der Waals surface area contributed by atoms with Crippen LogP contribution in [0.1, 0.15) is 0 Å². The van der Waals surface area contributed by atoms with Crippen molar-refractivity contribution in [1.82, 2.24) is 19.5 Å². The van der Waals surface area contributed by atoms with Crippen LogP contribution in [0.2, 0.25) is 0 Å². The highest BCUT2D eigenvalue weighted by molar-refractivity contribution is 7.26. The molecule has 0 N–H and O–H groups in total. The lowest BCUT2D eigenvalue weighted by molar-refractivity contribution is 1.06. The van der Waals surface area contributed by atoms with Crippen molar-refractivity contribution in [2.75, 3.05) is 0 Å². The highest BCUT2D eigenvalue weighted by Crippen LogP contribution is 2.43. The molecule has 8 aromatic carbocycles. The first-order valence-corrected chi connectivity index (χ1v) is 19.6. The Morgan fingerprint density at radius 3 is 1.64 bits per heavy atom. The number of aromatic nitrogens is 4. The summed E-state index contributed by atoms with van der Waals surface area (Å²) in [5, 5.41) is 4.93. The first-order chi connectivity index (χ1) is 27.8. The van der Waals surface area contributed by atoms with Gasteiger partial charge >= 0.3 is 0 Å². The van der Waals surface area contributed by atoms with Gasteiger partial charge in [0.2, 0.25) is 0 Å². The van der Waals surface area contributed by atoms with Crippen molar-refractivity contribution in [1.29, 1.82) is 0 Å². The first kappa shape index (κ1) is 32.2. The number of hydrogen-bond acceptors (Lipinski definition) is 4. The van der Waals surface area contributed by atoms with E-state index >= 15 is 0 Å². The van der Waals surface area contributed by atoms with Crippen molar-refractivity contribution < 1.29 is 0 Å². The molecule has 0 unspecified atom stereocenters. The number of nitrogens with zero attached hydrogens (tertiary/aromatic N) is 4. The third-order valence-corrected chi connectivity index (χ3v) is 11.9. The van der Waals surface area contributed by atoms with Crippen LogP contribution in [0.15, 0.2) is 194 Å². The van der Waals surface area contributed by atoms with Gasteiger partial charge in [0.25, 0.3) is 0 Å². The van der Waals surface area contributed by atoms with E-state index in [1.54, 1.807) is 0 Å². The topological polar surface area (TPSA) is 43.6 Å². The van der Waals surface area contributed by atoms with Crippen LogP contribution in [0, 0.1) is 0 Å². The molecule has 0 saturated heterocycles. The lowest BCUT2D eigenvalue weighted by atomic mass is 9.99. The molecule has 0 saturated carbocycles. The molecule has 0 aliphatic rings. The smallest absolute Gasteiger partial charge is 0.166 e. The van der Waals surface area contributed by atoms with Gasteiger partial charge in [-0.25, -0.2) is 15.0 Å². The van der Waals surface area contributed by atoms with E-state index in [2.05, 4.69) is 162 Å². The molecular weight excluding hydrogens is 701 g/mol. The first-order valence-electron chi connectivity index (χ1n) is 18.8. The number of benzene rings is 8. The van der Waals surface area contributed by atoms with Crippen LogP contribution in [-0.4, -0.2) is 19.5 Å². The summed E-state index contributed by atoms with van der Waals surface area (Å²) in [7, 11) is 0. The van der Waals surface area contributed by atoms with Crippen LogP contribution in [0.3, 0.4) is 0 Å². The molecule has 5 heteroatoms. The summed E-state index contributed by atoms with van der Waals surface area (Å²) in [5.74, 6) is 1.88. The molecule has 0 aliphatic carbocycles. The van der Waals surface area contributed by atoms with Gasteiger partial charge in [-0.2, -0.15) is 0 Å². The molecule has 0 fully saturated rings. The average molecular weight is 733 g/mol. The second-order valence-corrected chi connectivity index (χ2v) is 15.1. The quantitative estimate of drug-likeness (QED) is 0.171. The second kappa shape index (κ2) is 13.3. The molecular formula is C51H32N4S. The van der Waals surface area contributed by atoms with E-state index in [9.17, 15) is 0 Å². The Labute approximate surface area is 327 Å². The zero-order valence-electron chi connectivity index (χ0n) is 30.2. The number of hydrogen-bond donors (Lipinski definition) is 0. The van der Waals surface area contributed by atoms with Crippen LogP contribution in [-0.2, 0) is 0 Å². The fraction of sp³-hybridized carbons (Fsp3) is 0. The monoisotopic (exact) mass is 732 g/mol. The van der Waals surface area contributed by atoms with Gasteiger partial charge in [0.15, 0.2) is 17.5 Å². The maximum absolute atomic E-state index is 5.28. The molecule has 56 heavy (non-hydrogen) atoms. The standard InChI is InChI=1S/C51H32N4S/c1-4-15-33(16-5-1)36-27-29-45-42(31-36)39-21-10-12-25-44(39)55(45)46-30-28-37(38-23-14-24-41-40-22-11-13-26-47(40)56-48(38)41)32-43(46)51-53-49(34-17-6-2-7-18-34)52-50(54-51)35-19-8-3-9-20-35/h1-32H. The number of thiophene rings is 1. The Hall–Kier alpha value is -7.21. The van der Waals surface area contributed by atoms with Crippen molar-refractivity contribution in [3.63, 3.8) is 0 Å². The molecule has 3 heterocycles. The minimum Gasteiger partial charge on any atom is -0.309 e. The van der Waals surface area contributed by atoms with E-state index in [-0.39, 0.29) is 0 Å². The summed E-state index contributed by atoms with van der Waals surface area (Å²) < 4.78 is 4.93. The Morgan fingerprint density at radius 1 is 0.339 bits per heavy atom. The van der Waals surface area contributed by atoms with Gasteiger partial charge in [-0.05, 0) is 58.7 Å². The summed E-state index contributed by atoms with van der Waals surface area (Å²) in [4.78, 5) is 15.6. The van der Waals surface area contributed by atoms with Gasteiger partial charge in [0.1, 0.15) is 0 Å². The predicted molar refractivity (Wildman–Crippen MR) is 234 cm³/mol. The van der Waals surface area contributed by atoms with Crippen LogP contribution in [0.4, 0.5) is 0 Å². The van der Waals surface area contributed by atoms with Crippen molar-refractivity contribution in [2.24, 2.45) is 0 Å². The highest BCUT2D eigenvalue weighted by atomic mass is 32.1. The van der Waals surface area contributed by atoms with Crippen LogP contribution < -0.4 is 0 Å². The molecule has 0 bridgehead atoms. The zero-order chi connectivity index (χ0) is 37.0. The summed E-state index contributed by atoms with van der Waals surface area (Å²) in [6.45, 7) is 0. The predicted octanol–water partition coefficient (Wildman–Crippen LogP) is 13.7. The zero-order valence-corrected chi connectivity index (χ0v) is 31.0. The molecule has 0 radical (unpaired) electrons. The molecule has 11 rings (SSSR count). The van der Waals surface area contributed by atoms with Gasteiger partial charge in [-0.15, -0.1) is 11.3 Å². The van der Waals surface area contributed by atoms with Crippen molar-refractivity contribution in [3.05, 3.63) is 194 Å². The fourth-order valence-electron chi connectivity index (χ4n) is 8.02. The highest BCUT2D eigenvalue weighted by Gasteiger charge is 2.21. The number of rotatable bonds is 6. The summed E-state index contributed by atoms with van der Waals surface area (Å²) in [5.41, 5.74) is 10.7. The van der Waals surface area contributed by atoms with E-state index in [4.69, 9.17) is 15.0 Å². The van der Waals surface area contributed by atoms with E-state index in [1.807, 2.05) is 47.7 Å². The molecule has 0 amide bonds. The van der Waals surface area contributed by atoms with Gasteiger partial charge in [-0.3, -0.25) is 0 Å². The Bertz CT molecular complexity index is 3180. The summed E-state index contributed by atoms with van der Waals surface area (Å²) in [6, 6.07) is 68.6. The number of para-hydroxylation sites is 1. The van der Waals surface area contributed by atoms with E-state index < -0.39 is 0 Å². The fourth-order valence-corrected chi connectivity index (χ4v) is 9.26. The molecule has 0 atom stereocenters. The van der Waals surface area contributed by atoms with E-state index in [0.717, 1.165) is 39.0 Å². The number of fused-ring (bicyclic) bond motifs is 6. The van der Waals surface area contributed by atoms with Crippen LogP contribution in [0.5, 0.6) is 0 Å². The Morgan fingerprint density at radius 2 is 0.911 bits per heavy atom. The SMILES string of the molecule is c1ccc(-c2ccc3c(c2)c2ccccc2n3-c2ccc(-c3cccc4c3sc3ccccc34)cc2-c2nc(-c3ccccc3)nc(-c3ccccc3)n2)cc1. The van der Waals surface area contributed by atoms with Crippen molar-refractivity contribution in [3.8, 4) is 62.1 Å². The molecule has 3 aromatic heterocycles. The molecule has 11 aromatic rings. The molecule has 4 nitrogen and oxygen atoms in total. The average Bonchev–Trinajstić information content (AvgIpc) is 3.83. The largest absolute Gasteiger partial charge is 0.309 e. The van der Waals surface area contributed by atoms with Gasteiger partial charge < -0.3 is 4.57 Å². The van der Waals surface area contributed by atoms with Gasteiger partial charge in [0.05, 0.1) is 16.7 Å². The van der Waals surface area contributed by atoms with Crippen LogP contribution >= 0.6 is 11.3 Å². The lowest BCUT2D eigenvalue weighted by Gasteiger charge is -2.16. The maximum Gasteiger partial charge on any atom is 0.166 e. The Balaban J connectivity index is 1.21. The summed E-state index contributed by atoms with van der Waals surface area (Å²) >= 11 is 1.84. The summed E-state index contributed by atoms with van der Waals surface area (Å²) in [6.07, 6.45) is 0. The Kier molecular flexibility index (Phi) is 7.64. The van der Waals surface area contributed by atoms with E-state index in [1.165, 1.54) is 47.6 Å². The minimum atomic E-state index is 0.616. The third-order valence-electron chi connectivity index (χ3n) is 10.7. The van der Waals surface area contributed by atoms with Crippen LogP contribution in [0.25, 0.3) is 104 Å². The van der Waals surface area contributed by atoms with Gasteiger partial charge in [0, 0.05) is 47.6 Å².